The van der Waals surface area contributed by atoms with Crippen molar-refractivity contribution in [3.8, 4) is 0 Å². The van der Waals surface area contributed by atoms with Crippen LogP contribution in [0.4, 0.5) is 4.39 Å². The third-order valence-corrected chi connectivity index (χ3v) is 1.29. The Morgan fingerprint density at radius 1 is 1.36 bits per heavy atom. The molecule has 1 aromatic rings. The molecule has 0 bridgehead atoms. The summed E-state index contributed by atoms with van der Waals surface area (Å²) in [4.78, 5) is 0. The fourth-order valence-electron chi connectivity index (χ4n) is 0.764. The molecule has 2 nitrogen and oxygen atoms in total. The molecule has 0 spiro atoms. The lowest BCUT2D eigenvalue weighted by Crippen LogP contribution is -1.99. The predicted octanol–water partition coefficient (Wildman–Crippen LogP) is 2.06. The molecule has 0 heterocycles. The van der Waals surface area contributed by atoms with Crippen molar-refractivity contribution in [2.45, 2.75) is 6.29 Å². The van der Waals surface area contributed by atoms with Gasteiger partial charge in [-0.25, -0.2) is 4.39 Å². The van der Waals surface area contributed by atoms with Gasteiger partial charge in [-0.05, 0) is 0 Å². The normalized spacial score (nSPS) is 12.9. The Balaban J connectivity index is 2.61. The van der Waals surface area contributed by atoms with Crippen molar-refractivity contribution in [2.75, 3.05) is 6.86 Å². The molecule has 0 fully saturated rings. The number of benzene rings is 1. The third kappa shape index (κ3) is 2.29. The van der Waals surface area contributed by atoms with E-state index >= 15 is 0 Å². The van der Waals surface area contributed by atoms with Gasteiger partial charge in [-0.1, -0.05) is 30.3 Å². The van der Waals surface area contributed by atoms with Crippen LogP contribution < -0.4 is 0 Å². The number of rotatable bonds is 3. The molecule has 0 amide bonds. The summed E-state index contributed by atoms with van der Waals surface area (Å²) in [7, 11) is 0. The zero-order chi connectivity index (χ0) is 8.10. The van der Waals surface area contributed by atoms with Crippen molar-refractivity contribution in [2.24, 2.45) is 0 Å². The van der Waals surface area contributed by atoms with E-state index in [0.29, 0.717) is 5.56 Å². The van der Waals surface area contributed by atoms with Crippen molar-refractivity contribution in [3.63, 3.8) is 0 Å². The van der Waals surface area contributed by atoms with Crippen molar-refractivity contribution in [1.29, 1.82) is 0 Å². The Morgan fingerprint density at radius 3 is 2.55 bits per heavy atom. The number of hydrogen-bond acceptors (Lipinski definition) is 1. The molecule has 0 aromatic heterocycles. The van der Waals surface area contributed by atoms with Gasteiger partial charge < -0.3 is 4.74 Å². The predicted molar refractivity (Wildman–Crippen MR) is 36.9 cm³/mol. The largest absolute Gasteiger partial charge is 0.314 e. The van der Waals surface area contributed by atoms with Gasteiger partial charge >= 0.3 is 0 Å². The number of ether oxygens (including phenoxy) is 1. The Labute approximate surface area is 64.2 Å². The van der Waals surface area contributed by atoms with E-state index in [2.05, 4.69) is 4.74 Å². The maximum absolute atomic E-state index is 11.5. The molecule has 0 saturated heterocycles. The summed E-state index contributed by atoms with van der Waals surface area (Å²) in [5, 5.41) is 10.9. The maximum atomic E-state index is 11.5. The van der Waals surface area contributed by atoms with Gasteiger partial charge in [0.1, 0.15) is 0 Å². The van der Waals surface area contributed by atoms with E-state index in [0.717, 1.165) is 0 Å². The van der Waals surface area contributed by atoms with Crippen LogP contribution in [-0.2, 0) is 9.84 Å². The van der Waals surface area contributed by atoms with Gasteiger partial charge in [-0.2, -0.15) is 5.11 Å². The minimum atomic E-state index is -1.40. The van der Waals surface area contributed by atoms with Crippen LogP contribution in [0, 0.1) is 0 Å². The van der Waals surface area contributed by atoms with Crippen molar-refractivity contribution in [1.82, 2.24) is 0 Å². The highest BCUT2D eigenvalue weighted by molar-refractivity contribution is 5.15. The zero-order valence-corrected chi connectivity index (χ0v) is 5.87. The quantitative estimate of drug-likeness (QED) is 0.614. The molecule has 1 radical (unpaired) electrons. The molecule has 0 N–H and O–H groups in total. The zero-order valence-electron chi connectivity index (χ0n) is 5.87. The molecule has 0 aliphatic carbocycles. The molecule has 1 aromatic carbocycles. The first-order valence-corrected chi connectivity index (χ1v) is 3.23. The molecular formula is C8H8FO2. The minimum Gasteiger partial charge on any atom is -0.314 e. The fourth-order valence-corrected chi connectivity index (χ4v) is 0.764. The van der Waals surface area contributed by atoms with Gasteiger partial charge in [0.05, 0.1) is 0 Å². The van der Waals surface area contributed by atoms with Gasteiger partial charge in [0.25, 0.3) is 0 Å². The van der Waals surface area contributed by atoms with E-state index in [9.17, 15) is 9.50 Å². The topological polar surface area (TPSA) is 29.1 Å². The highest BCUT2D eigenvalue weighted by Crippen LogP contribution is 2.13. The Bertz CT molecular complexity index is 201. The second-order valence-corrected chi connectivity index (χ2v) is 2.02. The first-order chi connectivity index (χ1) is 5.34. The van der Waals surface area contributed by atoms with Gasteiger partial charge in [0, 0.05) is 5.56 Å². The molecular weight excluding hydrogens is 147 g/mol. The summed E-state index contributed by atoms with van der Waals surface area (Å²) in [5.74, 6) is 0. The molecule has 3 heteroatoms. The molecule has 11 heavy (non-hydrogen) atoms. The second kappa shape index (κ2) is 4.05. The highest BCUT2D eigenvalue weighted by Gasteiger charge is 2.07. The van der Waals surface area contributed by atoms with Crippen LogP contribution in [0.1, 0.15) is 11.9 Å². The van der Waals surface area contributed by atoms with Crippen molar-refractivity contribution >= 4 is 0 Å². The maximum Gasteiger partial charge on any atom is 0.220 e. The minimum absolute atomic E-state index is 0.449. The Kier molecular flexibility index (Phi) is 3.01. The SMILES string of the molecule is [O]C(OCF)c1ccccc1. The Hall–Kier alpha value is -0.930. The van der Waals surface area contributed by atoms with Crippen molar-refractivity contribution < 1.29 is 14.2 Å². The van der Waals surface area contributed by atoms with Crippen LogP contribution in [0.25, 0.3) is 0 Å². The number of alkyl halides is 1. The van der Waals surface area contributed by atoms with Gasteiger partial charge in [-0.3, -0.25) is 0 Å². The van der Waals surface area contributed by atoms with Crippen LogP contribution in [0.15, 0.2) is 30.3 Å². The van der Waals surface area contributed by atoms with Crippen LogP contribution >= 0.6 is 0 Å². The summed E-state index contributed by atoms with van der Waals surface area (Å²) >= 11 is 0. The average molecular weight is 155 g/mol. The van der Waals surface area contributed by atoms with E-state index in [1.165, 1.54) is 0 Å². The summed E-state index contributed by atoms with van der Waals surface area (Å²) in [6.07, 6.45) is -1.40. The standard InChI is InChI=1S/C8H8FO2/c9-6-11-8(10)7-4-2-1-3-5-7/h1-5,8H,6H2. The third-order valence-electron chi connectivity index (χ3n) is 1.29. The highest BCUT2D eigenvalue weighted by atomic mass is 19.1. The van der Waals surface area contributed by atoms with Crippen molar-refractivity contribution in [3.05, 3.63) is 35.9 Å². The van der Waals surface area contributed by atoms with E-state index in [-0.39, 0.29) is 0 Å². The monoisotopic (exact) mass is 155 g/mol. The van der Waals surface area contributed by atoms with Gasteiger partial charge in [-0.15, -0.1) is 0 Å². The van der Waals surface area contributed by atoms with E-state index in [4.69, 9.17) is 0 Å². The number of halogens is 1. The van der Waals surface area contributed by atoms with E-state index < -0.39 is 13.2 Å². The smallest absolute Gasteiger partial charge is 0.220 e. The molecule has 0 aliphatic rings. The van der Waals surface area contributed by atoms with Gasteiger partial charge in [0.15, 0.2) is 6.86 Å². The molecule has 1 rings (SSSR count). The van der Waals surface area contributed by atoms with Gasteiger partial charge in [0.2, 0.25) is 6.29 Å². The molecule has 1 atom stereocenters. The first-order valence-electron chi connectivity index (χ1n) is 3.23. The fraction of sp³-hybridized carbons (Fsp3) is 0.250. The average Bonchev–Trinajstić information content (AvgIpc) is 2.07. The van der Waals surface area contributed by atoms with E-state index in [1.807, 2.05) is 0 Å². The van der Waals surface area contributed by atoms with Crippen LogP contribution in [0.5, 0.6) is 0 Å². The number of hydrogen-bond donors (Lipinski definition) is 0. The summed E-state index contributed by atoms with van der Waals surface area (Å²) < 4.78 is 15.7. The van der Waals surface area contributed by atoms with Crippen LogP contribution in [-0.4, -0.2) is 6.86 Å². The summed E-state index contributed by atoms with van der Waals surface area (Å²) in [6.45, 7) is -1.04. The molecule has 0 aliphatic heterocycles. The molecule has 0 saturated carbocycles. The lowest BCUT2D eigenvalue weighted by Gasteiger charge is -2.05. The second-order valence-electron chi connectivity index (χ2n) is 2.02. The van der Waals surface area contributed by atoms with Crippen LogP contribution in [0.3, 0.4) is 0 Å². The van der Waals surface area contributed by atoms with E-state index in [1.54, 1.807) is 30.3 Å². The lowest BCUT2D eigenvalue weighted by molar-refractivity contribution is -0.167. The molecule has 59 valence electrons. The lowest BCUT2D eigenvalue weighted by atomic mass is 10.2. The summed E-state index contributed by atoms with van der Waals surface area (Å²) in [6, 6.07) is 8.41. The summed E-state index contributed by atoms with van der Waals surface area (Å²) in [5.41, 5.74) is 0.449. The molecule has 1 unspecified atom stereocenters. The van der Waals surface area contributed by atoms with Crippen LogP contribution in [0.2, 0.25) is 0 Å². The Morgan fingerprint density at radius 2 is 2.00 bits per heavy atom. The first kappa shape index (κ1) is 8.17.